The lowest BCUT2D eigenvalue weighted by Gasteiger charge is -2.29. The number of nitrogens with two attached hydrogens (primary N) is 1. The van der Waals surface area contributed by atoms with Crippen molar-refractivity contribution in [2.24, 2.45) is 5.73 Å². The largest absolute Gasteiger partial charge is 0.490 e. The Morgan fingerprint density at radius 3 is 1.97 bits per heavy atom. The van der Waals surface area contributed by atoms with Crippen molar-refractivity contribution in [1.82, 2.24) is 9.80 Å². The van der Waals surface area contributed by atoms with Crippen LogP contribution in [-0.2, 0) is 14.4 Å². The Morgan fingerprint density at radius 2 is 1.57 bits per heavy atom. The normalized spacial score (nSPS) is 16.9. The second kappa shape index (κ2) is 12.6. The Bertz CT molecular complexity index is 1080. The number of amides is 2. The van der Waals surface area contributed by atoms with Gasteiger partial charge in [0.25, 0.3) is 0 Å². The van der Waals surface area contributed by atoms with Crippen molar-refractivity contribution in [2.75, 3.05) is 26.7 Å². The third-order valence-electron chi connectivity index (χ3n) is 5.89. The molecule has 0 unspecified atom stereocenters. The third kappa shape index (κ3) is 7.97. The highest BCUT2D eigenvalue weighted by Gasteiger charge is 2.39. The maximum Gasteiger partial charge on any atom is 0.490 e. The van der Waals surface area contributed by atoms with E-state index in [0.717, 1.165) is 11.1 Å². The second-order valence-electron chi connectivity index (χ2n) is 8.46. The number of carboxylic acids is 1. The molecule has 0 aromatic heterocycles. The van der Waals surface area contributed by atoms with E-state index in [9.17, 15) is 31.5 Å². The van der Waals surface area contributed by atoms with Crippen LogP contribution in [-0.4, -0.2) is 77.8 Å². The molecule has 1 aliphatic heterocycles. The van der Waals surface area contributed by atoms with Crippen LogP contribution < -0.4 is 5.73 Å². The van der Waals surface area contributed by atoms with Crippen molar-refractivity contribution in [3.05, 3.63) is 59.9 Å². The molecule has 0 bridgehead atoms. The van der Waals surface area contributed by atoms with Gasteiger partial charge in [-0.05, 0) is 42.2 Å². The summed E-state index contributed by atoms with van der Waals surface area (Å²) in [5.41, 5.74) is 8.58. The molecule has 0 radical (unpaired) electrons. The molecule has 0 saturated carbocycles. The summed E-state index contributed by atoms with van der Waals surface area (Å²) in [6.07, 6.45) is -5.85. The molecule has 37 heavy (non-hydrogen) atoms. The molecule has 7 nitrogen and oxygen atoms in total. The van der Waals surface area contributed by atoms with Crippen LogP contribution in [0.3, 0.4) is 0 Å². The zero-order valence-electron chi connectivity index (χ0n) is 20.2. The van der Waals surface area contributed by atoms with E-state index >= 15 is 0 Å². The zero-order chi connectivity index (χ0) is 27.9. The number of aliphatic carboxylic acids is 1. The molecule has 3 atom stereocenters. The summed E-state index contributed by atoms with van der Waals surface area (Å²) in [4.78, 5) is 37.7. The van der Waals surface area contributed by atoms with Crippen LogP contribution in [0.4, 0.5) is 22.0 Å². The van der Waals surface area contributed by atoms with Gasteiger partial charge in [-0.1, -0.05) is 36.4 Å². The molecular formula is C25H28F5N3O4. The van der Waals surface area contributed by atoms with Crippen molar-refractivity contribution in [2.45, 2.75) is 37.7 Å². The van der Waals surface area contributed by atoms with E-state index in [0.29, 0.717) is 18.7 Å². The standard InChI is InChI=1S/C23H27F2N3O2.C2HF3O2/c1-3-27(2)22(29)20(21(26)23(30)28-13-12-19(25)14-28)17-6-4-15(5-7-17)16-8-10-18(24)11-9-16;3-2(4,5)1(6)7/h4-11,19-21H,3,12-14,26H2,1-2H3;(H,6,7)/t19-,20-,21-;/m0./s1. The smallest absolute Gasteiger partial charge is 0.475 e. The molecule has 12 heteroatoms. The number of rotatable bonds is 6. The first-order chi connectivity index (χ1) is 17.3. The van der Waals surface area contributed by atoms with Crippen LogP contribution in [0.25, 0.3) is 11.1 Å². The third-order valence-corrected chi connectivity index (χ3v) is 5.89. The molecule has 1 aliphatic rings. The summed E-state index contributed by atoms with van der Waals surface area (Å²) in [7, 11) is 1.66. The number of likely N-dealkylation sites (N-methyl/N-ethyl adjacent to an activating group) is 1. The average molecular weight is 530 g/mol. The van der Waals surface area contributed by atoms with E-state index in [1.165, 1.54) is 21.9 Å². The van der Waals surface area contributed by atoms with Gasteiger partial charge in [0.15, 0.2) is 0 Å². The Labute approximate surface area is 210 Å². The Morgan fingerprint density at radius 1 is 1.08 bits per heavy atom. The molecule has 1 saturated heterocycles. The van der Waals surface area contributed by atoms with Crippen LogP contribution in [0.1, 0.15) is 24.8 Å². The highest BCUT2D eigenvalue weighted by molar-refractivity contribution is 5.93. The van der Waals surface area contributed by atoms with Crippen molar-refractivity contribution in [1.29, 1.82) is 0 Å². The van der Waals surface area contributed by atoms with Crippen LogP contribution >= 0.6 is 0 Å². The number of likely N-dealkylation sites (tertiary alicyclic amines) is 1. The van der Waals surface area contributed by atoms with Crippen molar-refractivity contribution < 1.29 is 41.4 Å². The number of carboxylic acid groups (broad SMARTS) is 1. The SMILES string of the molecule is CCN(C)C(=O)[C@@H](c1ccc(-c2ccc(F)cc2)cc1)[C@H](N)C(=O)N1CC[C@H](F)C1.O=C(O)C(F)(F)F. The van der Waals surface area contributed by atoms with Gasteiger partial charge in [0.2, 0.25) is 11.8 Å². The van der Waals surface area contributed by atoms with Crippen LogP contribution in [0.15, 0.2) is 48.5 Å². The van der Waals surface area contributed by atoms with Gasteiger partial charge >= 0.3 is 12.1 Å². The predicted molar refractivity (Wildman–Crippen MR) is 126 cm³/mol. The fourth-order valence-electron chi connectivity index (χ4n) is 3.69. The van der Waals surface area contributed by atoms with Crippen molar-refractivity contribution in [3.63, 3.8) is 0 Å². The highest BCUT2D eigenvalue weighted by atomic mass is 19.4. The number of hydrogen-bond acceptors (Lipinski definition) is 4. The quantitative estimate of drug-likeness (QED) is 0.557. The lowest BCUT2D eigenvalue weighted by Crippen LogP contribution is -2.50. The summed E-state index contributed by atoms with van der Waals surface area (Å²) < 4.78 is 58.5. The van der Waals surface area contributed by atoms with Gasteiger partial charge in [0.1, 0.15) is 18.0 Å². The number of nitrogens with zero attached hydrogens (tertiary/aromatic N) is 2. The van der Waals surface area contributed by atoms with Gasteiger partial charge in [-0.2, -0.15) is 13.2 Å². The van der Waals surface area contributed by atoms with E-state index < -0.39 is 36.2 Å². The number of alkyl halides is 4. The zero-order valence-corrected chi connectivity index (χ0v) is 20.2. The molecule has 1 heterocycles. The monoisotopic (exact) mass is 529 g/mol. The topological polar surface area (TPSA) is 104 Å². The summed E-state index contributed by atoms with van der Waals surface area (Å²) in [6, 6.07) is 12.2. The molecule has 202 valence electrons. The van der Waals surface area contributed by atoms with E-state index in [4.69, 9.17) is 15.6 Å². The maximum atomic E-state index is 13.6. The Balaban J connectivity index is 0.000000604. The number of carbonyl (C=O) groups is 3. The summed E-state index contributed by atoms with van der Waals surface area (Å²) in [5.74, 6) is -4.62. The molecule has 0 aliphatic carbocycles. The molecule has 0 spiro atoms. The van der Waals surface area contributed by atoms with Gasteiger partial charge in [-0.3, -0.25) is 9.59 Å². The van der Waals surface area contributed by atoms with Crippen LogP contribution in [0.5, 0.6) is 0 Å². The van der Waals surface area contributed by atoms with Gasteiger partial charge in [-0.15, -0.1) is 0 Å². The summed E-state index contributed by atoms with van der Waals surface area (Å²) >= 11 is 0. The minimum atomic E-state index is -5.08. The van der Waals surface area contributed by atoms with Crippen molar-refractivity contribution >= 4 is 17.8 Å². The van der Waals surface area contributed by atoms with Gasteiger partial charge in [0, 0.05) is 20.1 Å². The first kappa shape index (κ1) is 29.7. The summed E-state index contributed by atoms with van der Waals surface area (Å²) in [6.45, 7) is 2.64. The highest BCUT2D eigenvalue weighted by Crippen LogP contribution is 2.27. The molecule has 3 rings (SSSR count). The minimum absolute atomic E-state index is 0.0144. The van der Waals surface area contributed by atoms with E-state index in [1.54, 1.807) is 31.3 Å². The summed E-state index contributed by atoms with van der Waals surface area (Å²) in [5, 5.41) is 7.12. The van der Waals surface area contributed by atoms with Gasteiger partial charge in [-0.25, -0.2) is 13.6 Å². The number of halogens is 5. The molecule has 2 amide bonds. The molecule has 3 N–H and O–H groups in total. The Hall–Kier alpha value is -3.54. The first-order valence-corrected chi connectivity index (χ1v) is 11.4. The van der Waals surface area contributed by atoms with Gasteiger partial charge in [0.05, 0.1) is 12.5 Å². The maximum absolute atomic E-state index is 13.6. The fraction of sp³-hybridized carbons (Fsp3) is 0.400. The molecule has 2 aromatic rings. The van der Waals surface area contributed by atoms with Crippen LogP contribution in [0, 0.1) is 5.82 Å². The number of carbonyl (C=O) groups excluding carboxylic acids is 2. The van der Waals surface area contributed by atoms with Crippen LogP contribution in [0.2, 0.25) is 0 Å². The average Bonchev–Trinajstić information content (AvgIpc) is 3.30. The predicted octanol–water partition coefficient (Wildman–Crippen LogP) is 3.59. The van der Waals surface area contributed by atoms with E-state index in [1.807, 2.05) is 19.1 Å². The Kier molecular flexibility index (Phi) is 10.1. The van der Waals surface area contributed by atoms with Crippen molar-refractivity contribution in [3.8, 4) is 11.1 Å². The lowest BCUT2D eigenvalue weighted by molar-refractivity contribution is -0.192. The van der Waals surface area contributed by atoms with E-state index in [-0.39, 0.29) is 24.7 Å². The molecule has 2 aromatic carbocycles. The molecular weight excluding hydrogens is 501 g/mol. The minimum Gasteiger partial charge on any atom is -0.475 e. The fourth-order valence-corrected chi connectivity index (χ4v) is 3.69. The lowest BCUT2D eigenvalue weighted by atomic mass is 9.88. The first-order valence-electron chi connectivity index (χ1n) is 11.4. The van der Waals surface area contributed by atoms with E-state index in [2.05, 4.69) is 0 Å². The second-order valence-corrected chi connectivity index (χ2v) is 8.46. The molecule has 1 fully saturated rings. The van der Waals surface area contributed by atoms with Gasteiger partial charge < -0.3 is 20.6 Å². The number of benzene rings is 2. The number of hydrogen-bond donors (Lipinski definition) is 2.